The van der Waals surface area contributed by atoms with Gasteiger partial charge in [0.05, 0.1) is 12.0 Å². The van der Waals surface area contributed by atoms with E-state index in [0.717, 1.165) is 11.8 Å². The third kappa shape index (κ3) is 5.58. The third-order valence-electron chi connectivity index (χ3n) is 5.43. The molecule has 0 radical (unpaired) electrons. The van der Waals surface area contributed by atoms with Crippen molar-refractivity contribution < 1.29 is 24.2 Å². The third-order valence-corrected chi connectivity index (χ3v) is 6.81. The van der Waals surface area contributed by atoms with Gasteiger partial charge in [-0.2, -0.15) is 4.98 Å². The fourth-order valence-corrected chi connectivity index (χ4v) is 4.93. The molecule has 3 aromatic rings. The Balaban J connectivity index is 1.66. The second-order valence-electron chi connectivity index (χ2n) is 7.86. The van der Waals surface area contributed by atoms with E-state index in [2.05, 4.69) is 4.98 Å². The molecule has 0 bridgehead atoms. The highest BCUT2D eigenvalue weighted by atomic mass is 32.2. The molecule has 3 heterocycles. The first-order chi connectivity index (χ1) is 17.4. The van der Waals surface area contributed by atoms with Gasteiger partial charge in [0.15, 0.2) is 11.5 Å². The number of carbonyl (C=O) groups excluding carboxylic acids is 1. The number of hydrogen-bond acceptors (Lipinski definition) is 8. The molecule has 1 N–H and O–H groups in total. The summed E-state index contributed by atoms with van der Waals surface area (Å²) in [4.78, 5) is 43.5. The van der Waals surface area contributed by atoms with E-state index in [1.165, 1.54) is 22.5 Å². The molecular weight excluding hydrogens is 502 g/mol. The van der Waals surface area contributed by atoms with Crippen molar-refractivity contribution in [2.45, 2.75) is 25.7 Å². The second kappa shape index (κ2) is 11.4. The van der Waals surface area contributed by atoms with E-state index in [1.807, 2.05) is 0 Å². The Kier molecular flexibility index (Phi) is 8.01. The van der Waals surface area contributed by atoms with Crippen LogP contribution in [-0.4, -0.2) is 49.2 Å². The zero-order valence-corrected chi connectivity index (χ0v) is 21.0. The molecule has 1 fully saturated rings. The van der Waals surface area contributed by atoms with Crippen LogP contribution in [0.5, 0.6) is 17.4 Å². The molecular formula is C25H23N3O6S2. The van der Waals surface area contributed by atoms with E-state index in [4.69, 9.17) is 26.8 Å². The SMILES string of the molecule is COc1ccccc1Oc1nc2ccccn2c(=O)c1/C=C1/SC(=S)N(CCCCCC(=O)O)C1=O. The van der Waals surface area contributed by atoms with Crippen LogP contribution in [0.4, 0.5) is 0 Å². The number of aromatic nitrogens is 2. The first kappa shape index (κ1) is 25.4. The minimum Gasteiger partial charge on any atom is -0.493 e. The van der Waals surface area contributed by atoms with Gasteiger partial charge < -0.3 is 14.6 Å². The number of methoxy groups -OCH3 is 1. The van der Waals surface area contributed by atoms with E-state index >= 15 is 0 Å². The summed E-state index contributed by atoms with van der Waals surface area (Å²) >= 11 is 6.50. The van der Waals surface area contributed by atoms with Gasteiger partial charge in [-0.25, -0.2) is 0 Å². The highest BCUT2D eigenvalue weighted by Gasteiger charge is 2.32. The second-order valence-corrected chi connectivity index (χ2v) is 9.53. The van der Waals surface area contributed by atoms with Gasteiger partial charge in [-0.3, -0.25) is 23.7 Å². The van der Waals surface area contributed by atoms with Gasteiger partial charge in [0.2, 0.25) is 5.88 Å². The molecule has 4 rings (SSSR count). The van der Waals surface area contributed by atoms with Crippen LogP contribution in [0.3, 0.4) is 0 Å². The summed E-state index contributed by atoms with van der Waals surface area (Å²) in [6.07, 6.45) is 4.96. The number of unbranched alkanes of at least 4 members (excludes halogenated alkanes) is 2. The predicted octanol–water partition coefficient (Wildman–Crippen LogP) is 4.34. The number of ether oxygens (including phenoxy) is 2. The largest absolute Gasteiger partial charge is 0.493 e. The number of carboxylic acids is 1. The van der Waals surface area contributed by atoms with Crippen LogP contribution in [0.25, 0.3) is 11.7 Å². The molecule has 1 aromatic carbocycles. The number of hydrogen-bond donors (Lipinski definition) is 1. The summed E-state index contributed by atoms with van der Waals surface area (Å²) in [7, 11) is 1.51. The lowest BCUT2D eigenvalue weighted by Gasteiger charge is -2.14. The van der Waals surface area contributed by atoms with Gasteiger partial charge >= 0.3 is 5.97 Å². The molecule has 1 saturated heterocycles. The summed E-state index contributed by atoms with van der Waals surface area (Å²) in [6, 6.07) is 12.1. The van der Waals surface area contributed by atoms with E-state index in [0.29, 0.717) is 47.3 Å². The number of benzene rings is 1. The van der Waals surface area contributed by atoms with Gasteiger partial charge in [0.1, 0.15) is 15.5 Å². The zero-order chi connectivity index (χ0) is 25.7. The fourth-order valence-electron chi connectivity index (χ4n) is 3.64. The quantitative estimate of drug-likeness (QED) is 0.235. The number of rotatable bonds is 10. The van der Waals surface area contributed by atoms with E-state index < -0.39 is 11.5 Å². The molecule has 0 atom stereocenters. The summed E-state index contributed by atoms with van der Waals surface area (Å²) in [5.41, 5.74) is 0.0921. The fraction of sp³-hybridized carbons (Fsp3) is 0.240. The van der Waals surface area contributed by atoms with Crippen LogP contribution >= 0.6 is 24.0 Å². The lowest BCUT2D eigenvalue weighted by atomic mass is 10.2. The van der Waals surface area contributed by atoms with Crippen molar-refractivity contribution in [3.63, 3.8) is 0 Å². The van der Waals surface area contributed by atoms with Crippen LogP contribution in [-0.2, 0) is 9.59 Å². The Morgan fingerprint density at radius 3 is 2.61 bits per heavy atom. The Morgan fingerprint density at radius 1 is 1.11 bits per heavy atom. The Bertz CT molecular complexity index is 1420. The van der Waals surface area contributed by atoms with Crippen LogP contribution in [0, 0.1) is 0 Å². The number of nitrogens with zero attached hydrogens (tertiary/aromatic N) is 3. The van der Waals surface area contributed by atoms with Gasteiger partial charge in [-0.1, -0.05) is 48.6 Å². The maximum atomic E-state index is 13.4. The number of carboxylic acid groups (broad SMARTS) is 1. The van der Waals surface area contributed by atoms with Gasteiger partial charge in [-0.05, 0) is 43.2 Å². The van der Waals surface area contributed by atoms with E-state index in [9.17, 15) is 14.4 Å². The normalized spacial score (nSPS) is 14.6. The maximum absolute atomic E-state index is 13.4. The number of pyridine rings is 1. The highest BCUT2D eigenvalue weighted by Crippen LogP contribution is 2.35. The zero-order valence-electron chi connectivity index (χ0n) is 19.4. The maximum Gasteiger partial charge on any atom is 0.303 e. The van der Waals surface area contributed by atoms with Crippen molar-refractivity contribution in [2.24, 2.45) is 0 Å². The first-order valence-electron chi connectivity index (χ1n) is 11.2. The first-order valence-corrected chi connectivity index (χ1v) is 12.4. The van der Waals surface area contributed by atoms with E-state index in [1.54, 1.807) is 48.7 Å². The molecule has 1 aliphatic heterocycles. The number of para-hydroxylation sites is 2. The molecule has 0 saturated carbocycles. The molecule has 0 aliphatic carbocycles. The van der Waals surface area contributed by atoms with Gasteiger partial charge in [-0.15, -0.1) is 0 Å². The molecule has 1 aliphatic rings. The number of thioether (sulfide) groups is 1. The topological polar surface area (TPSA) is 110 Å². The van der Waals surface area contributed by atoms with Crippen molar-refractivity contribution in [3.05, 3.63) is 69.5 Å². The summed E-state index contributed by atoms with van der Waals surface area (Å²) in [6.45, 7) is 0.376. The van der Waals surface area contributed by atoms with Crippen molar-refractivity contribution in [1.82, 2.24) is 14.3 Å². The van der Waals surface area contributed by atoms with E-state index in [-0.39, 0.29) is 28.7 Å². The minimum absolute atomic E-state index is 0.0367. The summed E-state index contributed by atoms with van der Waals surface area (Å²) in [5.74, 6) is -0.285. The predicted molar refractivity (Wildman–Crippen MR) is 141 cm³/mol. The van der Waals surface area contributed by atoms with Crippen molar-refractivity contribution in [1.29, 1.82) is 0 Å². The molecule has 0 unspecified atom stereocenters. The summed E-state index contributed by atoms with van der Waals surface area (Å²) in [5, 5.41) is 8.77. The molecule has 1 amide bonds. The lowest BCUT2D eigenvalue weighted by Crippen LogP contribution is -2.29. The molecule has 11 heteroatoms. The van der Waals surface area contributed by atoms with Crippen LogP contribution < -0.4 is 15.0 Å². The molecule has 2 aromatic heterocycles. The van der Waals surface area contributed by atoms with Gasteiger partial charge in [0, 0.05) is 19.2 Å². The smallest absolute Gasteiger partial charge is 0.303 e. The monoisotopic (exact) mass is 525 g/mol. The lowest BCUT2D eigenvalue weighted by molar-refractivity contribution is -0.137. The van der Waals surface area contributed by atoms with Crippen molar-refractivity contribution in [2.75, 3.05) is 13.7 Å². The number of amides is 1. The number of fused-ring (bicyclic) bond motifs is 1. The minimum atomic E-state index is -0.843. The molecule has 36 heavy (non-hydrogen) atoms. The van der Waals surface area contributed by atoms with Crippen LogP contribution in [0.2, 0.25) is 0 Å². The van der Waals surface area contributed by atoms with Crippen molar-refractivity contribution in [3.8, 4) is 17.4 Å². The Morgan fingerprint density at radius 2 is 1.86 bits per heavy atom. The Labute approximate surface area is 216 Å². The van der Waals surface area contributed by atoms with Crippen LogP contribution in [0.1, 0.15) is 31.2 Å². The standard InChI is InChI=1S/C25H23N3O6S2/c1-33-17-9-4-5-10-18(17)34-22-16(23(31)27-13-8-6-11-20(27)26-22)15-19-24(32)28(25(35)36-19)14-7-2-3-12-21(29)30/h4-6,8-11,13,15H,2-3,7,12,14H2,1H3,(H,29,30)/b19-15+. The number of carbonyl (C=O) groups is 2. The average molecular weight is 526 g/mol. The Hall–Kier alpha value is -3.70. The average Bonchev–Trinajstić information content (AvgIpc) is 3.13. The number of aliphatic carboxylic acids is 1. The summed E-state index contributed by atoms with van der Waals surface area (Å²) < 4.78 is 13.1. The molecule has 9 nitrogen and oxygen atoms in total. The van der Waals surface area contributed by atoms with Crippen molar-refractivity contribution >= 4 is 51.9 Å². The van der Waals surface area contributed by atoms with Crippen LogP contribution in [0.15, 0.2) is 58.4 Å². The molecule has 0 spiro atoms. The van der Waals surface area contributed by atoms with Gasteiger partial charge in [0.25, 0.3) is 11.5 Å². The molecule has 186 valence electrons. The number of thiocarbonyl (C=S) groups is 1. The highest BCUT2D eigenvalue weighted by molar-refractivity contribution is 8.26.